The molecule has 2 nitrogen and oxygen atoms in total. The van der Waals surface area contributed by atoms with Crippen LogP contribution in [0, 0.1) is 5.92 Å². The van der Waals surface area contributed by atoms with Crippen LogP contribution in [-0.2, 0) is 16.6 Å². The van der Waals surface area contributed by atoms with Gasteiger partial charge in [0.05, 0.1) is 12.2 Å². The highest BCUT2D eigenvalue weighted by Crippen LogP contribution is 2.23. The van der Waals surface area contributed by atoms with Gasteiger partial charge in [0.2, 0.25) is 0 Å². The number of hydrogen-bond donors (Lipinski definition) is 1. The van der Waals surface area contributed by atoms with E-state index in [0.29, 0.717) is 12.3 Å². The summed E-state index contributed by atoms with van der Waals surface area (Å²) in [6, 6.07) is 8.52. The summed E-state index contributed by atoms with van der Waals surface area (Å²) in [6.45, 7) is 10.8. The third-order valence-corrected chi connectivity index (χ3v) is 3.57. The van der Waals surface area contributed by atoms with Crippen LogP contribution >= 0.6 is 0 Å². The molecule has 1 aromatic carbocycles. The summed E-state index contributed by atoms with van der Waals surface area (Å²) in [5.41, 5.74) is 2.64. The first-order valence-electron chi connectivity index (χ1n) is 7.06. The molecule has 2 heteroatoms. The van der Waals surface area contributed by atoms with Gasteiger partial charge in [-0.2, -0.15) is 0 Å². The van der Waals surface area contributed by atoms with E-state index in [1.165, 1.54) is 5.56 Å². The quantitative estimate of drug-likeness (QED) is 0.881. The largest absolute Gasteiger partial charge is 0.390 e. The van der Waals surface area contributed by atoms with Gasteiger partial charge in [-0.05, 0) is 22.5 Å². The number of rotatable bonds is 5. The highest BCUT2D eigenvalue weighted by atomic mass is 16.5. The maximum absolute atomic E-state index is 10.2. The lowest BCUT2D eigenvalue weighted by Crippen LogP contribution is -2.34. The minimum Gasteiger partial charge on any atom is -0.390 e. The standard InChI is InChI=1S/C17H28O2/c1-12(2)16(19-6)15(18)11-13-7-9-14(10-8-13)17(3,4)5/h7-10,12,15-16,18H,11H2,1-6H3. The van der Waals surface area contributed by atoms with Gasteiger partial charge in [0, 0.05) is 13.5 Å². The molecule has 0 fully saturated rings. The zero-order valence-electron chi connectivity index (χ0n) is 13.1. The van der Waals surface area contributed by atoms with E-state index in [4.69, 9.17) is 4.74 Å². The first-order valence-corrected chi connectivity index (χ1v) is 7.06. The molecule has 1 N–H and O–H groups in total. The Bertz CT molecular complexity index is 373. The number of methoxy groups -OCH3 is 1. The van der Waals surface area contributed by atoms with E-state index in [1.54, 1.807) is 7.11 Å². The van der Waals surface area contributed by atoms with Gasteiger partial charge in [-0.1, -0.05) is 58.9 Å². The molecule has 0 aliphatic heterocycles. The van der Waals surface area contributed by atoms with Crippen molar-refractivity contribution >= 4 is 0 Å². The van der Waals surface area contributed by atoms with Crippen LogP contribution in [0.1, 0.15) is 45.7 Å². The lowest BCUT2D eigenvalue weighted by Gasteiger charge is -2.25. The summed E-state index contributed by atoms with van der Waals surface area (Å²) in [4.78, 5) is 0. The second kappa shape index (κ2) is 6.53. The summed E-state index contributed by atoms with van der Waals surface area (Å²) >= 11 is 0. The Labute approximate surface area is 117 Å². The van der Waals surface area contributed by atoms with Crippen LogP contribution in [-0.4, -0.2) is 24.4 Å². The number of aliphatic hydroxyl groups is 1. The second-order valence-corrected chi connectivity index (χ2v) is 6.66. The molecule has 0 saturated heterocycles. The van der Waals surface area contributed by atoms with Crippen molar-refractivity contribution in [2.24, 2.45) is 5.92 Å². The third-order valence-electron chi connectivity index (χ3n) is 3.57. The fourth-order valence-electron chi connectivity index (χ4n) is 2.37. The van der Waals surface area contributed by atoms with Crippen LogP contribution in [0.3, 0.4) is 0 Å². The molecule has 0 radical (unpaired) electrons. The fraction of sp³-hybridized carbons (Fsp3) is 0.647. The molecule has 19 heavy (non-hydrogen) atoms. The summed E-state index contributed by atoms with van der Waals surface area (Å²) in [5.74, 6) is 0.314. The molecule has 1 aromatic rings. The van der Waals surface area contributed by atoms with Crippen molar-refractivity contribution in [3.63, 3.8) is 0 Å². The Morgan fingerprint density at radius 2 is 1.63 bits per heavy atom. The first-order chi connectivity index (χ1) is 8.75. The van der Waals surface area contributed by atoms with E-state index in [2.05, 4.69) is 58.9 Å². The van der Waals surface area contributed by atoms with Crippen molar-refractivity contribution in [2.45, 2.75) is 58.7 Å². The molecular weight excluding hydrogens is 236 g/mol. The lowest BCUT2D eigenvalue weighted by molar-refractivity contribution is -0.0367. The molecule has 0 saturated carbocycles. The normalized spacial score (nSPS) is 15.6. The number of aliphatic hydroxyl groups excluding tert-OH is 1. The molecule has 0 bridgehead atoms. The predicted molar refractivity (Wildman–Crippen MR) is 80.5 cm³/mol. The highest BCUT2D eigenvalue weighted by molar-refractivity contribution is 5.27. The highest BCUT2D eigenvalue weighted by Gasteiger charge is 2.22. The molecule has 0 amide bonds. The minimum absolute atomic E-state index is 0.109. The van der Waals surface area contributed by atoms with Gasteiger partial charge in [0.25, 0.3) is 0 Å². The number of ether oxygens (including phenoxy) is 1. The molecule has 1 rings (SSSR count). The van der Waals surface area contributed by atoms with Crippen LogP contribution < -0.4 is 0 Å². The summed E-state index contributed by atoms with van der Waals surface area (Å²) in [5, 5.41) is 10.2. The van der Waals surface area contributed by atoms with Gasteiger partial charge in [-0.25, -0.2) is 0 Å². The molecular formula is C17H28O2. The van der Waals surface area contributed by atoms with E-state index in [9.17, 15) is 5.11 Å². The van der Waals surface area contributed by atoms with Gasteiger partial charge >= 0.3 is 0 Å². The van der Waals surface area contributed by atoms with Crippen molar-refractivity contribution in [3.05, 3.63) is 35.4 Å². The monoisotopic (exact) mass is 264 g/mol. The zero-order chi connectivity index (χ0) is 14.6. The maximum atomic E-state index is 10.2. The van der Waals surface area contributed by atoms with E-state index in [0.717, 1.165) is 5.56 Å². The summed E-state index contributed by atoms with van der Waals surface area (Å²) in [7, 11) is 1.66. The number of benzene rings is 1. The van der Waals surface area contributed by atoms with Crippen LogP contribution in [0.2, 0.25) is 0 Å². The van der Waals surface area contributed by atoms with E-state index >= 15 is 0 Å². The second-order valence-electron chi connectivity index (χ2n) is 6.66. The molecule has 0 aromatic heterocycles. The predicted octanol–water partition coefficient (Wildman–Crippen LogP) is 3.56. The minimum atomic E-state index is -0.453. The fourth-order valence-corrected chi connectivity index (χ4v) is 2.37. The molecule has 2 unspecified atom stereocenters. The molecule has 2 atom stereocenters. The molecule has 0 heterocycles. The van der Waals surface area contributed by atoms with Crippen molar-refractivity contribution < 1.29 is 9.84 Å². The zero-order valence-corrected chi connectivity index (χ0v) is 13.1. The van der Waals surface area contributed by atoms with Crippen molar-refractivity contribution in [2.75, 3.05) is 7.11 Å². The Morgan fingerprint density at radius 3 is 2.00 bits per heavy atom. The van der Waals surface area contributed by atoms with Crippen LogP contribution in [0.15, 0.2) is 24.3 Å². The average molecular weight is 264 g/mol. The van der Waals surface area contributed by atoms with Gasteiger partial charge in [-0.3, -0.25) is 0 Å². The van der Waals surface area contributed by atoms with Crippen molar-refractivity contribution in [1.29, 1.82) is 0 Å². The Balaban J connectivity index is 2.73. The lowest BCUT2D eigenvalue weighted by atomic mass is 9.86. The number of hydrogen-bond acceptors (Lipinski definition) is 2. The maximum Gasteiger partial charge on any atom is 0.0856 e. The third kappa shape index (κ3) is 4.63. The van der Waals surface area contributed by atoms with Crippen molar-refractivity contribution in [3.8, 4) is 0 Å². The van der Waals surface area contributed by atoms with Crippen LogP contribution in [0.4, 0.5) is 0 Å². The van der Waals surface area contributed by atoms with Gasteiger partial charge in [-0.15, -0.1) is 0 Å². The first kappa shape index (κ1) is 16.2. The van der Waals surface area contributed by atoms with Gasteiger partial charge in [0.1, 0.15) is 0 Å². The van der Waals surface area contributed by atoms with E-state index in [1.807, 2.05) is 0 Å². The van der Waals surface area contributed by atoms with Crippen molar-refractivity contribution in [1.82, 2.24) is 0 Å². The molecule has 0 aliphatic carbocycles. The Morgan fingerprint density at radius 1 is 1.11 bits per heavy atom. The van der Waals surface area contributed by atoms with E-state index in [-0.39, 0.29) is 11.5 Å². The Hall–Kier alpha value is -0.860. The summed E-state index contributed by atoms with van der Waals surface area (Å²) < 4.78 is 5.37. The molecule has 0 aliphatic rings. The topological polar surface area (TPSA) is 29.5 Å². The molecule has 0 spiro atoms. The van der Waals surface area contributed by atoms with Crippen LogP contribution in [0.25, 0.3) is 0 Å². The molecule has 108 valence electrons. The smallest absolute Gasteiger partial charge is 0.0856 e. The van der Waals surface area contributed by atoms with Crippen LogP contribution in [0.5, 0.6) is 0 Å². The van der Waals surface area contributed by atoms with Gasteiger partial charge < -0.3 is 9.84 Å². The van der Waals surface area contributed by atoms with Gasteiger partial charge in [0.15, 0.2) is 0 Å². The average Bonchev–Trinajstić information content (AvgIpc) is 2.28. The summed E-state index contributed by atoms with van der Waals surface area (Å²) in [6.07, 6.45) is 0.0777. The SMILES string of the molecule is COC(C(C)C)C(O)Cc1ccc(C(C)(C)C)cc1. The van der Waals surface area contributed by atoms with E-state index < -0.39 is 6.10 Å². The Kier molecular flexibility index (Phi) is 5.57.